The van der Waals surface area contributed by atoms with Crippen LogP contribution in [0.2, 0.25) is 0 Å². The molecular weight excluding hydrogens is 230 g/mol. The standard InChI is InChI=1S/C12H14F2O3/c1-11(2,15)8-4-7(12(3,13)14)5-9-10(8)17-6-16-9/h4-5,15H,6H2,1-3H3. The van der Waals surface area contributed by atoms with Crippen molar-refractivity contribution >= 4 is 0 Å². The highest BCUT2D eigenvalue weighted by molar-refractivity contribution is 5.53. The molecule has 0 fully saturated rings. The van der Waals surface area contributed by atoms with E-state index in [1.807, 2.05) is 0 Å². The molecule has 3 nitrogen and oxygen atoms in total. The first kappa shape index (κ1) is 12.1. The van der Waals surface area contributed by atoms with Gasteiger partial charge in [0, 0.05) is 18.1 Å². The lowest BCUT2D eigenvalue weighted by molar-refractivity contribution is 0.0165. The van der Waals surface area contributed by atoms with E-state index in [9.17, 15) is 13.9 Å². The number of hydrogen-bond donors (Lipinski definition) is 1. The van der Waals surface area contributed by atoms with Crippen molar-refractivity contribution in [2.75, 3.05) is 6.79 Å². The van der Waals surface area contributed by atoms with Crippen molar-refractivity contribution in [3.05, 3.63) is 23.3 Å². The van der Waals surface area contributed by atoms with Gasteiger partial charge in [-0.3, -0.25) is 0 Å². The molecule has 1 aromatic rings. The molecule has 0 saturated heterocycles. The van der Waals surface area contributed by atoms with Gasteiger partial charge < -0.3 is 14.6 Å². The fourth-order valence-electron chi connectivity index (χ4n) is 1.72. The Morgan fingerprint density at radius 3 is 2.35 bits per heavy atom. The first-order valence-corrected chi connectivity index (χ1v) is 5.24. The molecule has 17 heavy (non-hydrogen) atoms. The number of halogens is 2. The Balaban J connectivity index is 2.62. The maximum Gasteiger partial charge on any atom is 0.270 e. The molecule has 0 bridgehead atoms. The Kier molecular flexibility index (Phi) is 2.54. The molecule has 0 aromatic heterocycles. The van der Waals surface area contributed by atoms with E-state index in [1.165, 1.54) is 26.0 Å². The summed E-state index contributed by atoms with van der Waals surface area (Å²) in [6, 6.07) is 2.51. The Morgan fingerprint density at radius 1 is 1.18 bits per heavy atom. The van der Waals surface area contributed by atoms with Crippen LogP contribution in [0, 0.1) is 0 Å². The van der Waals surface area contributed by atoms with Crippen LogP contribution in [0.4, 0.5) is 8.78 Å². The van der Waals surface area contributed by atoms with Crippen LogP contribution < -0.4 is 9.47 Å². The van der Waals surface area contributed by atoms with Crippen LogP contribution in [0.5, 0.6) is 11.5 Å². The highest BCUT2D eigenvalue weighted by Crippen LogP contribution is 2.44. The normalized spacial score (nSPS) is 15.2. The molecule has 1 heterocycles. The highest BCUT2D eigenvalue weighted by atomic mass is 19.3. The minimum atomic E-state index is -2.99. The average molecular weight is 244 g/mol. The van der Waals surface area contributed by atoms with Crippen LogP contribution in [-0.2, 0) is 11.5 Å². The second-order valence-electron chi connectivity index (χ2n) is 4.70. The Morgan fingerprint density at radius 2 is 1.82 bits per heavy atom. The van der Waals surface area contributed by atoms with Crippen molar-refractivity contribution in [1.29, 1.82) is 0 Å². The topological polar surface area (TPSA) is 38.7 Å². The van der Waals surface area contributed by atoms with Crippen LogP contribution in [0.15, 0.2) is 12.1 Å². The van der Waals surface area contributed by atoms with E-state index in [2.05, 4.69) is 0 Å². The Hall–Kier alpha value is -1.36. The number of hydrogen-bond acceptors (Lipinski definition) is 3. The average Bonchev–Trinajstić information content (AvgIpc) is 2.59. The quantitative estimate of drug-likeness (QED) is 0.869. The number of fused-ring (bicyclic) bond motifs is 1. The number of benzene rings is 1. The van der Waals surface area contributed by atoms with Gasteiger partial charge in [-0.05, 0) is 26.0 Å². The molecule has 1 aromatic carbocycles. The van der Waals surface area contributed by atoms with Gasteiger partial charge in [-0.1, -0.05) is 0 Å². The largest absolute Gasteiger partial charge is 0.454 e. The van der Waals surface area contributed by atoms with Crippen LogP contribution in [-0.4, -0.2) is 11.9 Å². The molecule has 0 amide bonds. The van der Waals surface area contributed by atoms with Gasteiger partial charge in [0.05, 0.1) is 5.60 Å². The van der Waals surface area contributed by atoms with E-state index in [0.717, 1.165) is 6.92 Å². The van der Waals surface area contributed by atoms with Crippen molar-refractivity contribution in [3.8, 4) is 11.5 Å². The third-order valence-corrected chi connectivity index (χ3v) is 2.64. The monoisotopic (exact) mass is 244 g/mol. The summed E-state index contributed by atoms with van der Waals surface area (Å²) in [7, 11) is 0. The number of rotatable bonds is 2. The molecule has 0 aliphatic carbocycles. The van der Waals surface area contributed by atoms with Gasteiger partial charge in [-0.2, -0.15) is 0 Å². The van der Waals surface area contributed by atoms with Gasteiger partial charge in [0.2, 0.25) is 6.79 Å². The number of ether oxygens (including phenoxy) is 2. The first-order valence-electron chi connectivity index (χ1n) is 5.24. The summed E-state index contributed by atoms with van der Waals surface area (Å²) < 4.78 is 36.9. The van der Waals surface area contributed by atoms with E-state index >= 15 is 0 Å². The van der Waals surface area contributed by atoms with Crippen molar-refractivity contribution < 1.29 is 23.4 Å². The van der Waals surface area contributed by atoms with Gasteiger partial charge >= 0.3 is 0 Å². The molecule has 2 rings (SSSR count). The van der Waals surface area contributed by atoms with E-state index in [4.69, 9.17) is 9.47 Å². The molecule has 0 atom stereocenters. The Labute approximate surface area is 98.0 Å². The molecule has 1 aliphatic heterocycles. The van der Waals surface area contributed by atoms with Crippen molar-refractivity contribution in [3.63, 3.8) is 0 Å². The maximum atomic E-state index is 13.3. The van der Waals surface area contributed by atoms with Crippen LogP contribution >= 0.6 is 0 Å². The van der Waals surface area contributed by atoms with E-state index in [-0.39, 0.29) is 18.1 Å². The summed E-state index contributed by atoms with van der Waals surface area (Å²) in [5, 5.41) is 9.96. The SMILES string of the molecule is CC(C)(O)c1cc(C(C)(F)F)cc2c1OCO2. The van der Waals surface area contributed by atoms with Crippen LogP contribution in [0.3, 0.4) is 0 Å². The van der Waals surface area contributed by atoms with E-state index in [0.29, 0.717) is 11.3 Å². The summed E-state index contributed by atoms with van der Waals surface area (Å²) in [6.45, 7) is 3.82. The summed E-state index contributed by atoms with van der Waals surface area (Å²) in [6.07, 6.45) is 0. The van der Waals surface area contributed by atoms with Crippen molar-refractivity contribution in [1.82, 2.24) is 0 Å². The van der Waals surface area contributed by atoms with E-state index in [1.54, 1.807) is 0 Å². The summed E-state index contributed by atoms with van der Waals surface area (Å²) in [5.41, 5.74) is -1.15. The molecule has 94 valence electrons. The fourth-order valence-corrected chi connectivity index (χ4v) is 1.72. The third-order valence-electron chi connectivity index (χ3n) is 2.64. The molecule has 1 N–H and O–H groups in total. The second kappa shape index (κ2) is 3.57. The molecule has 0 unspecified atom stereocenters. The molecule has 5 heteroatoms. The number of alkyl halides is 2. The minimum absolute atomic E-state index is 0.0167. The molecule has 1 aliphatic rings. The van der Waals surface area contributed by atoms with Crippen molar-refractivity contribution in [2.24, 2.45) is 0 Å². The lowest BCUT2D eigenvalue weighted by atomic mass is 9.93. The summed E-state index contributed by atoms with van der Waals surface area (Å²) >= 11 is 0. The predicted octanol–water partition coefficient (Wildman–Crippen LogP) is 2.75. The van der Waals surface area contributed by atoms with Crippen LogP contribution in [0.25, 0.3) is 0 Å². The smallest absolute Gasteiger partial charge is 0.270 e. The highest BCUT2D eigenvalue weighted by Gasteiger charge is 2.33. The maximum absolute atomic E-state index is 13.3. The van der Waals surface area contributed by atoms with Crippen LogP contribution in [0.1, 0.15) is 31.9 Å². The molecular formula is C12H14F2O3. The van der Waals surface area contributed by atoms with E-state index < -0.39 is 11.5 Å². The van der Waals surface area contributed by atoms with Gasteiger partial charge in [0.25, 0.3) is 5.92 Å². The zero-order chi connectivity index (χ0) is 12.8. The minimum Gasteiger partial charge on any atom is -0.454 e. The summed E-state index contributed by atoms with van der Waals surface area (Å²) in [4.78, 5) is 0. The van der Waals surface area contributed by atoms with Crippen molar-refractivity contribution in [2.45, 2.75) is 32.3 Å². The lowest BCUT2D eigenvalue weighted by Gasteiger charge is -2.22. The Bertz CT molecular complexity index is 444. The molecule has 0 spiro atoms. The number of aliphatic hydroxyl groups is 1. The molecule has 0 saturated carbocycles. The van der Waals surface area contributed by atoms with Gasteiger partial charge in [0.15, 0.2) is 11.5 Å². The third kappa shape index (κ3) is 2.20. The summed E-state index contributed by atoms with van der Waals surface area (Å²) in [5.74, 6) is -2.40. The lowest BCUT2D eigenvalue weighted by Crippen LogP contribution is -2.18. The zero-order valence-electron chi connectivity index (χ0n) is 9.88. The van der Waals surface area contributed by atoms with Gasteiger partial charge in [0.1, 0.15) is 0 Å². The zero-order valence-corrected chi connectivity index (χ0v) is 9.88. The fraction of sp³-hybridized carbons (Fsp3) is 0.500. The predicted molar refractivity (Wildman–Crippen MR) is 57.4 cm³/mol. The van der Waals surface area contributed by atoms with Gasteiger partial charge in [-0.15, -0.1) is 0 Å². The first-order chi connectivity index (χ1) is 7.69. The van der Waals surface area contributed by atoms with Gasteiger partial charge in [-0.25, -0.2) is 8.78 Å². The second-order valence-corrected chi connectivity index (χ2v) is 4.70. The molecule has 0 radical (unpaired) electrons.